The molecule has 0 radical (unpaired) electrons. The van der Waals surface area contributed by atoms with E-state index in [9.17, 15) is 0 Å². The fraction of sp³-hybridized carbons (Fsp3) is 0.412. The Morgan fingerprint density at radius 1 is 1.20 bits per heavy atom. The van der Waals surface area contributed by atoms with E-state index >= 15 is 0 Å². The number of aryl methyl sites for hydroxylation is 3. The van der Waals surface area contributed by atoms with Gasteiger partial charge in [-0.05, 0) is 55.5 Å². The normalized spacial score (nSPS) is 12.4. The smallest absolute Gasteiger partial charge is 0.134 e. The van der Waals surface area contributed by atoms with Gasteiger partial charge in [-0.15, -0.1) is 11.3 Å². The van der Waals surface area contributed by atoms with Crippen LogP contribution in [0.5, 0.6) is 5.75 Å². The predicted molar refractivity (Wildman–Crippen MR) is 87.0 cm³/mol. The summed E-state index contributed by atoms with van der Waals surface area (Å²) >= 11 is 1.75. The van der Waals surface area contributed by atoms with Gasteiger partial charge >= 0.3 is 0 Å². The summed E-state index contributed by atoms with van der Waals surface area (Å²) in [5.41, 5.74) is 5.36. The molecule has 1 aromatic heterocycles. The second kappa shape index (κ2) is 6.42. The number of ether oxygens (including phenoxy) is 1. The molecule has 1 unspecified atom stereocenters. The number of nitrogens with one attached hydrogen (secondary N) is 1. The van der Waals surface area contributed by atoms with E-state index in [0.717, 1.165) is 12.3 Å². The molecule has 3 heteroatoms. The molecule has 0 spiro atoms. The van der Waals surface area contributed by atoms with Crippen molar-refractivity contribution in [2.24, 2.45) is 0 Å². The Labute approximate surface area is 125 Å². The van der Waals surface area contributed by atoms with E-state index in [1.54, 1.807) is 18.4 Å². The third kappa shape index (κ3) is 2.89. The van der Waals surface area contributed by atoms with Crippen molar-refractivity contribution >= 4 is 11.3 Å². The Kier molecular flexibility index (Phi) is 4.84. The first kappa shape index (κ1) is 15.1. The van der Waals surface area contributed by atoms with Crippen molar-refractivity contribution in [3.63, 3.8) is 0 Å². The number of thiophene rings is 1. The van der Waals surface area contributed by atoms with Crippen LogP contribution in [-0.2, 0) is 0 Å². The highest BCUT2D eigenvalue weighted by Gasteiger charge is 2.22. The molecule has 0 bridgehead atoms. The standard InChI is InChI=1S/C17H23NOS/c1-6-18-16(17-14(19-5)7-8-20-17)15-12(3)9-11(2)10-13(15)4/h7-10,16,18H,6H2,1-5H3. The zero-order valence-corrected chi connectivity index (χ0v) is 13.7. The van der Waals surface area contributed by atoms with Crippen LogP contribution in [0.25, 0.3) is 0 Å². The van der Waals surface area contributed by atoms with Gasteiger partial charge in [-0.1, -0.05) is 24.6 Å². The number of rotatable bonds is 5. The highest BCUT2D eigenvalue weighted by molar-refractivity contribution is 7.10. The van der Waals surface area contributed by atoms with Crippen LogP contribution in [0, 0.1) is 20.8 Å². The molecule has 2 nitrogen and oxygen atoms in total. The Morgan fingerprint density at radius 2 is 1.85 bits per heavy atom. The van der Waals surface area contributed by atoms with Crippen molar-refractivity contribution < 1.29 is 4.74 Å². The molecule has 1 heterocycles. The highest BCUT2D eigenvalue weighted by atomic mass is 32.1. The maximum absolute atomic E-state index is 5.51. The second-order valence-corrected chi connectivity index (χ2v) is 6.10. The third-order valence-electron chi connectivity index (χ3n) is 3.57. The Hall–Kier alpha value is -1.32. The molecular weight excluding hydrogens is 266 g/mol. The molecule has 0 aliphatic heterocycles. The van der Waals surface area contributed by atoms with Crippen LogP contribution in [0.4, 0.5) is 0 Å². The maximum atomic E-state index is 5.51. The van der Waals surface area contributed by atoms with E-state index in [-0.39, 0.29) is 6.04 Å². The summed E-state index contributed by atoms with van der Waals surface area (Å²) in [6.07, 6.45) is 0. The van der Waals surface area contributed by atoms with Gasteiger partial charge in [-0.25, -0.2) is 0 Å². The monoisotopic (exact) mass is 289 g/mol. The van der Waals surface area contributed by atoms with Crippen LogP contribution in [-0.4, -0.2) is 13.7 Å². The highest BCUT2D eigenvalue weighted by Crippen LogP contribution is 2.37. The molecule has 1 atom stereocenters. The van der Waals surface area contributed by atoms with Gasteiger partial charge in [-0.2, -0.15) is 0 Å². The van der Waals surface area contributed by atoms with Gasteiger partial charge in [0.2, 0.25) is 0 Å². The van der Waals surface area contributed by atoms with Gasteiger partial charge < -0.3 is 10.1 Å². The van der Waals surface area contributed by atoms with Crippen molar-refractivity contribution in [3.8, 4) is 5.75 Å². The molecule has 0 saturated carbocycles. The van der Waals surface area contributed by atoms with E-state index in [2.05, 4.69) is 50.5 Å². The zero-order chi connectivity index (χ0) is 14.7. The fourth-order valence-electron chi connectivity index (χ4n) is 2.86. The largest absolute Gasteiger partial charge is 0.496 e. The summed E-state index contributed by atoms with van der Waals surface area (Å²) in [5.74, 6) is 0.973. The van der Waals surface area contributed by atoms with Crippen LogP contribution in [0.1, 0.15) is 40.1 Å². The molecule has 0 aliphatic carbocycles. The fourth-order valence-corrected chi connectivity index (χ4v) is 3.81. The van der Waals surface area contributed by atoms with Crippen molar-refractivity contribution in [2.75, 3.05) is 13.7 Å². The average Bonchev–Trinajstić information content (AvgIpc) is 2.84. The molecule has 2 rings (SSSR count). The molecule has 0 fully saturated rings. The lowest BCUT2D eigenvalue weighted by atomic mass is 9.93. The second-order valence-electron chi connectivity index (χ2n) is 5.16. The Bertz CT molecular complexity index is 565. The summed E-state index contributed by atoms with van der Waals surface area (Å²) in [5, 5.41) is 5.70. The molecule has 1 N–H and O–H groups in total. The number of hydrogen-bond acceptors (Lipinski definition) is 3. The van der Waals surface area contributed by atoms with Gasteiger partial charge in [0, 0.05) is 0 Å². The summed E-state index contributed by atoms with van der Waals surface area (Å²) in [4.78, 5) is 1.25. The summed E-state index contributed by atoms with van der Waals surface area (Å²) in [6.45, 7) is 9.61. The molecule has 0 saturated heterocycles. The molecule has 0 aliphatic rings. The predicted octanol–water partition coefficient (Wildman–Crippen LogP) is 4.38. The van der Waals surface area contributed by atoms with Crippen LogP contribution in [0.2, 0.25) is 0 Å². The molecule has 20 heavy (non-hydrogen) atoms. The van der Waals surface area contributed by atoms with Crippen molar-refractivity contribution in [3.05, 3.63) is 50.7 Å². The van der Waals surface area contributed by atoms with Crippen molar-refractivity contribution in [2.45, 2.75) is 33.7 Å². The topological polar surface area (TPSA) is 21.3 Å². The first-order valence-electron chi connectivity index (χ1n) is 7.01. The molecule has 2 aromatic rings. The van der Waals surface area contributed by atoms with Gasteiger partial charge in [0.1, 0.15) is 5.75 Å². The molecule has 0 amide bonds. The maximum Gasteiger partial charge on any atom is 0.134 e. The zero-order valence-electron chi connectivity index (χ0n) is 12.9. The SMILES string of the molecule is CCNC(c1sccc1OC)c1c(C)cc(C)cc1C. The Morgan fingerprint density at radius 3 is 2.40 bits per heavy atom. The van der Waals surface area contributed by atoms with E-state index in [4.69, 9.17) is 4.74 Å². The first-order chi connectivity index (χ1) is 9.58. The van der Waals surface area contributed by atoms with Gasteiger partial charge in [0.25, 0.3) is 0 Å². The van der Waals surface area contributed by atoms with E-state index in [1.165, 1.54) is 27.1 Å². The van der Waals surface area contributed by atoms with E-state index in [1.807, 2.05) is 6.07 Å². The van der Waals surface area contributed by atoms with Crippen LogP contribution in [0.3, 0.4) is 0 Å². The van der Waals surface area contributed by atoms with Crippen LogP contribution < -0.4 is 10.1 Å². The summed E-state index contributed by atoms with van der Waals surface area (Å²) in [6, 6.07) is 6.76. The number of benzene rings is 1. The molecular formula is C17H23NOS. The number of hydrogen-bond donors (Lipinski definition) is 1. The van der Waals surface area contributed by atoms with Crippen molar-refractivity contribution in [1.82, 2.24) is 5.32 Å². The lowest BCUT2D eigenvalue weighted by molar-refractivity contribution is 0.407. The van der Waals surface area contributed by atoms with Crippen molar-refractivity contribution in [1.29, 1.82) is 0 Å². The van der Waals surface area contributed by atoms with Gasteiger partial charge in [-0.3, -0.25) is 0 Å². The quantitative estimate of drug-likeness (QED) is 0.882. The third-order valence-corrected chi connectivity index (χ3v) is 4.54. The summed E-state index contributed by atoms with van der Waals surface area (Å²) < 4.78 is 5.51. The van der Waals surface area contributed by atoms with E-state index in [0.29, 0.717) is 0 Å². The van der Waals surface area contributed by atoms with E-state index < -0.39 is 0 Å². The van der Waals surface area contributed by atoms with Gasteiger partial charge in [0.15, 0.2) is 0 Å². The average molecular weight is 289 g/mol. The Balaban J connectivity index is 2.54. The number of methoxy groups -OCH3 is 1. The first-order valence-corrected chi connectivity index (χ1v) is 7.89. The van der Waals surface area contributed by atoms with Crippen LogP contribution >= 0.6 is 11.3 Å². The summed E-state index contributed by atoms with van der Waals surface area (Å²) in [7, 11) is 1.74. The minimum Gasteiger partial charge on any atom is -0.496 e. The van der Waals surface area contributed by atoms with Gasteiger partial charge in [0.05, 0.1) is 18.0 Å². The molecule has 108 valence electrons. The lowest BCUT2D eigenvalue weighted by Gasteiger charge is -2.23. The molecule has 1 aromatic carbocycles. The minimum atomic E-state index is 0.204. The lowest BCUT2D eigenvalue weighted by Crippen LogP contribution is -2.23. The minimum absolute atomic E-state index is 0.204. The van der Waals surface area contributed by atoms with Crippen LogP contribution in [0.15, 0.2) is 23.6 Å².